The van der Waals surface area contributed by atoms with Crippen molar-refractivity contribution in [2.45, 2.75) is 44.4 Å². The molecule has 0 heterocycles. The van der Waals surface area contributed by atoms with E-state index in [1.807, 2.05) is 0 Å². The summed E-state index contributed by atoms with van der Waals surface area (Å²) >= 11 is 0. The van der Waals surface area contributed by atoms with Gasteiger partial charge in [0.25, 0.3) is 0 Å². The molecule has 0 aliphatic heterocycles. The number of carbonyl (C=O) groups excluding carboxylic acids is 1. The van der Waals surface area contributed by atoms with Gasteiger partial charge in [0.05, 0.1) is 0 Å². The highest BCUT2D eigenvalue weighted by molar-refractivity contribution is 5.79. The fourth-order valence-electron chi connectivity index (χ4n) is 3.19. The van der Waals surface area contributed by atoms with Crippen molar-refractivity contribution in [1.29, 1.82) is 0 Å². The lowest BCUT2D eigenvalue weighted by molar-refractivity contribution is -0.205. The van der Waals surface area contributed by atoms with Crippen LogP contribution in [0.5, 0.6) is 0 Å². The molecule has 4 atom stereocenters. The summed E-state index contributed by atoms with van der Waals surface area (Å²) in [5, 5.41) is 11.3. The first-order chi connectivity index (χ1) is 8.38. The maximum atomic E-state index is 12.0. The molecule has 2 bridgehead atoms. The molecule has 0 saturated heterocycles. The molecule has 2 saturated carbocycles. The predicted molar refractivity (Wildman–Crippen MR) is 58.6 cm³/mol. The fraction of sp³-hybridized carbons (Fsp3) is 0.917. The third-order valence-electron chi connectivity index (χ3n) is 4.17. The molecule has 1 amide bonds. The smallest absolute Gasteiger partial charge is 0.384 e. The monoisotopic (exact) mass is 265 g/mol. The van der Waals surface area contributed by atoms with Crippen LogP contribution in [0.25, 0.3) is 0 Å². The summed E-state index contributed by atoms with van der Waals surface area (Å²) in [6.07, 6.45) is -3.22. The maximum Gasteiger partial charge on any atom is 0.414 e. The predicted octanol–water partition coefficient (Wildman–Crippen LogP) is 1.85. The molecule has 2 fully saturated rings. The lowest BCUT2D eigenvalue weighted by atomic mass is 9.88. The van der Waals surface area contributed by atoms with Crippen LogP contribution < -0.4 is 5.32 Å². The van der Waals surface area contributed by atoms with E-state index in [4.69, 9.17) is 5.11 Å². The first-order valence-corrected chi connectivity index (χ1v) is 6.40. The summed E-state index contributed by atoms with van der Waals surface area (Å²) in [5.41, 5.74) is 0. The minimum absolute atomic E-state index is 0.0215. The zero-order valence-electron chi connectivity index (χ0n) is 10.0. The Kier molecular flexibility index (Phi) is 3.84. The van der Waals surface area contributed by atoms with Crippen LogP contribution in [0.15, 0.2) is 0 Å². The quantitative estimate of drug-likeness (QED) is 0.815. The number of rotatable bonds is 4. The summed E-state index contributed by atoms with van der Waals surface area (Å²) in [5.74, 6) is 0.886. The molecule has 0 aromatic rings. The van der Waals surface area contributed by atoms with Crippen LogP contribution in [0.2, 0.25) is 0 Å². The van der Waals surface area contributed by atoms with Crippen LogP contribution in [-0.4, -0.2) is 29.8 Å². The lowest BCUT2D eigenvalue weighted by Gasteiger charge is -2.21. The average Bonchev–Trinajstić information content (AvgIpc) is 2.88. The first-order valence-electron chi connectivity index (χ1n) is 6.40. The van der Waals surface area contributed by atoms with E-state index in [2.05, 4.69) is 5.32 Å². The third kappa shape index (κ3) is 2.96. The van der Waals surface area contributed by atoms with Gasteiger partial charge in [-0.05, 0) is 37.5 Å². The van der Waals surface area contributed by atoms with Gasteiger partial charge < -0.3 is 10.4 Å². The molecule has 2 aliphatic carbocycles. The Morgan fingerprint density at radius 3 is 2.56 bits per heavy atom. The van der Waals surface area contributed by atoms with Gasteiger partial charge in [-0.3, -0.25) is 4.79 Å². The molecule has 2 rings (SSSR count). The molecule has 2 aliphatic rings. The van der Waals surface area contributed by atoms with Crippen molar-refractivity contribution < 1.29 is 23.1 Å². The van der Waals surface area contributed by atoms with Gasteiger partial charge in [0.15, 0.2) is 6.10 Å². The molecule has 18 heavy (non-hydrogen) atoms. The van der Waals surface area contributed by atoms with Gasteiger partial charge in [-0.1, -0.05) is 6.42 Å². The lowest BCUT2D eigenvalue weighted by Crippen LogP contribution is -2.37. The molecule has 104 valence electrons. The van der Waals surface area contributed by atoms with E-state index in [0.29, 0.717) is 11.8 Å². The van der Waals surface area contributed by atoms with Crippen molar-refractivity contribution in [2.75, 3.05) is 6.54 Å². The minimum Gasteiger partial charge on any atom is -0.384 e. The number of alkyl halides is 3. The number of nitrogens with one attached hydrogen (secondary N) is 1. The van der Waals surface area contributed by atoms with E-state index in [1.165, 1.54) is 6.42 Å². The van der Waals surface area contributed by atoms with Crippen molar-refractivity contribution in [1.82, 2.24) is 5.32 Å². The molecule has 0 aromatic heterocycles. The highest BCUT2D eigenvalue weighted by atomic mass is 19.4. The van der Waals surface area contributed by atoms with Gasteiger partial charge in [0.1, 0.15) is 0 Å². The summed E-state index contributed by atoms with van der Waals surface area (Å²) in [7, 11) is 0. The maximum absolute atomic E-state index is 12.0. The van der Waals surface area contributed by atoms with Gasteiger partial charge in [0, 0.05) is 12.5 Å². The SMILES string of the molecule is O=C(NCC[C@H](O)C(F)(F)F)[C@@H]1C[C@H]2CC[C@H]1C2. The van der Waals surface area contributed by atoms with Crippen molar-refractivity contribution in [3.8, 4) is 0 Å². The highest BCUT2D eigenvalue weighted by Crippen LogP contribution is 2.48. The van der Waals surface area contributed by atoms with Crippen molar-refractivity contribution in [2.24, 2.45) is 17.8 Å². The van der Waals surface area contributed by atoms with Crippen LogP contribution in [-0.2, 0) is 4.79 Å². The second kappa shape index (κ2) is 5.07. The third-order valence-corrected chi connectivity index (χ3v) is 4.17. The fourth-order valence-corrected chi connectivity index (χ4v) is 3.19. The number of fused-ring (bicyclic) bond motifs is 2. The van der Waals surface area contributed by atoms with Crippen LogP contribution in [0, 0.1) is 17.8 Å². The van der Waals surface area contributed by atoms with Crippen LogP contribution in [0.3, 0.4) is 0 Å². The Hall–Kier alpha value is -0.780. The number of carbonyl (C=O) groups is 1. The second-order valence-corrected chi connectivity index (χ2v) is 5.42. The number of aliphatic hydroxyl groups excluding tert-OH is 1. The number of hydrogen-bond acceptors (Lipinski definition) is 2. The largest absolute Gasteiger partial charge is 0.414 e. The Morgan fingerprint density at radius 2 is 2.06 bits per heavy atom. The van der Waals surface area contributed by atoms with Crippen molar-refractivity contribution in [3.05, 3.63) is 0 Å². The zero-order chi connectivity index (χ0) is 13.3. The standard InChI is InChI=1S/C12H18F3NO2/c13-12(14,15)10(17)3-4-16-11(18)9-6-7-1-2-8(9)5-7/h7-10,17H,1-6H2,(H,16,18)/t7-,8-,9+,10-/m0/s1. The first kappa shape index (κ1) is 13.6. The van der Waals surface area contributed by atoms with Crippen LogP contribution in [0.1, 0.15) is 32.1 Å². The summed E-state index contributed by atoms with van der Waals surface area (Å²) in [6.45, 7) is -0.118. The van der Waals surface area contributed by atoms with Gasteiger partial charge in [0.2, 0.25) is 5.91 Å². The molecule has 6 heteroatoms. The molecule has 2 N–H and O–H groups in total. The summed E-state index contributed by atoms with van der Waals surface area (Å²) in [6, 6.07) is 0. The molecule has 0 radical (unpaired) electrons. The van der Waals surface area contributed by atoms with E-state index < -0.39 is 18.7 Å². The Labute approximate surface area is 104 Å². The average molecular weight is 265 g/mol. The van der Waals surface area contributed by atoms with E-state index >= 15 is 0 Å². The van der Waals surface area contributed by atoms with Crippen LogP contribution in [0.4, 0.5) is 13.2 Å². The number of halogens is 3. The van der Waals surface area contributed by atoms with Crippen molar-refractivity contribution in [3.63, 3.8) is 0 Å². The second-order valence-electron chi connectivity index (χ2n) is 5.42. The van der Waals surface area contributed by atoms with Gasteiger partial charge in [-0.15, -0.1) is 0 Å². The van der Waals surface area contributed by atoms with Gasteiger partial charge in [-0.2, -0.15) is 13.2 Å². The molecule has 0 aromatic carbocycles. The normalized spacial score (nSPS) is 32.6. The zero-order valence-corrected chi connectivity index (χ0v) is 10.0. The number of amides is 1. The molecule has 0 unspecified atom stereocenters. The van der Waals surface area contributed by atoms with Gasteiger partial charge >= 0.3 is 6.18 Å². The highest BCUT2D eigenvalue weighted by Gasteiger charge is 2.43. The number of hydrogen-bond donors (Lipinski definition) is 2. The topological polar surface area (TPSA) is 49.3 Å². The molecular weight excluding hydrogens is 247 g/mol. The summed E-state index contributed by atoms with van der Waals surface area (Å²) < 4.78 is 36.1. The molecule has 3 nitrogen and oxygen atoms in total. The minimum atomic E-state index is -4.60. The Morgan fingerprint density at radius 1 is 1.33 bits per heavy atom. The summed E-state index contributed by atoms with van der Waals surface area (Å²) in [4.78, 5) is 11.8. The molecular formula is C12H18F3NO2. The Bertz CT molecular complexity index is 319. The van der Waals surface area contributed by atoms with Crippen molar-refractivity contribution >= 4 is 5.91 Å². The van der Waals surface area contributed by atoms with E-state index in [0.717, 1.165) is 19.3 Å². The molecule has 0 spiro atoms. The number of aliphatic hydroxyl groups is 1. The Balaban J connectivity index is 1.70. The van der Waals surface area contributed by atoms with Gasteiger partial charge in [-0.25, -0.2) is 0 Å². The van der Waals surface area contributed by atoms with Crippen LogP contribution >= 0.6 is 0 Å². The van der Waals surface area contributed by atoms with E-state index in [-0.39, 0.29) is 18.4 Å². The van der Waals surface area contributed by atoms with E-state index in [9.17, 15) is 18.0 Å². The van der Waals surface area contributed by atoms with E-state index in [1.54, 1.807) is 0 Å².